The van der Waals surface area contributed by atoms with Gasteiger partial charge in [-0.05, 0) is 48.0 Å². The minimum atomic E-state index is -1.31. The van der Waals surface area contributed by atoms with E-state index in [9.17, 15) is 9.59 Å². The molecule has 2 aromatic carbocycles. The van der Waals surface area contributed by atoms with Gasteiger partial charge in [-0.3, -0.25) is 9.59 Å². The van der Waals surface area contributed by atoms with Crippen molar-refractivity contribution < 1.29 is 14.3 Å². The van der Waals surface area contributed by atoms with Crippen molar-refractivity contribution in [3.8, 4) is 5.88 Å². The van der Waals surface area contributed by atoms with Crippen LogP contribution in [0, 0.1) is 0 Å². The molecule has 1 aliphatic rings. The van der Waals surface area contributed by atoms with Crippen molar-refractivity contribution >= 4 is 46.6 Å². The van der Waals surface area contributed by atoms with Gasteiger partial charge in [0.1, 0.15) is 0 Å². The molecule has 4 rings (SSSR count). The summed E-state index contributed by atoms with van der Waals surface area (Å²) < 4.78 is 5.00. The van der Waals surface area contributed by atoms with E-state index >= 15 is 0 Å². The first-order valence-corrected chi connectivity index (χ1v) is 11.3. The lowest BCUT2D eigenvalue weighted by Gasteiger charge is -2.36. The molecule has 1 fully saturated rings. The highest BCUT2D eigenvalue weighted by atomic mass is 35.5. The molecular weight excluding hydrogens is 474 g/mol. The summed E-state index contributed by atoms with van der Waals surface area (Å²) in [7, 11) is 1.48. The molecule has 1 atom stereocenters. The van der Waals surface area contributed by atoms with Gasteiger partial charge in [0.25, 0.3) is 5.91 Å². The van der Waals surface area contributed by atoms with Gasteiger partial charge in [0.2, 0.25) is 11.8 Å². The van der Waals surface area contributed by atoms with Crippen molar-refractivity contribution in [1.29, 1.82) is 0 Å². The van der Waals surface area contributed by atoms with Crippen LogP contribution < -0.4 is 15.4 Å². The number of hydrogen-bond donors (Lipinski definition) is 2. The highest BCUT2D eigenvalue weighted by Crippen LogP contribution is 2.37. The molecule has 2 N–H and O–H groups in total. The minimum Gasteiger partial charge on any atom is -0.480 e. The number of nitrogens with zero attached hydrogens (tertiary/aromatic N) is 3. The average Bonchev–Trinajstić information content (AvgIpc) is 3.08. The number of benzene rings is 2. The molecule has 174 valence electrons. The van der Waals surface area contributed by atoms with Crippen LogP contribution in [-0.2, 0) is 21.5 Å². The van der Waals surface area contributed by atoms with E-state index in [1.165, 1.54) is 7.11 Å². The molecule has 1 aliphatic heterocycles. The Balaban J connectivity index is 1.63. The van der Waals surface area contributed by atoms with Crippen LogP contribution in [0.25, 0.3) is 0 Å². The number of aromatic nitrogens is 2. The fraction of sp³-hybridized carbons (Fsp3) is 0.208. The lowest BCUT2D eigenvalue weighted by Crippen LogP contribution is -2.50. The summed E-state index contributed by atoms with van der Waals surface area (Å²) in [4.78, 5) is 28.3. The molecule has 1 aromatic heterocycles. The Labute approximate surface area is 207 Å². The number of nitrogens with one attached hydrogen (secondary N) is 2. The third kappa shape index (κ3) is 4.85. The molecule has 8 nitrogen and oxygen atoms in total. The van der Waals surface area contributed by atoms with Gasteiger partial charge in [-0.1, -0.05) is 54.1 Å². The first-order valence-electron chi connectivity index (χ1n) is 10.5. The van der Waals surface area contributed by atoms with Gasteiger partial charge in [0.15, 0.2) is 16.5 Å². The highest BCUT2D eigenvalue weighted by molar-refractivity contribution is 7.80. The summed E-state index contributed by atoms with van der Waals surface area (Å²) in [6, 6.07) is 19.8. The number of carbonyl (C=O) groups is 2. The van der Waals surface area contributed by atoms with Crippen molar-refractivity contribution in [3.63, 3.8) is 0 Å². The maximum absolute atomic E-state index is 13.4. The molecule has 3 aromatic rings. The smallest absolute Gasteiger partial charge is 0.257 e. The molecule has 0 spiro atoms. The lowest BCUT2D eigenvalue weighted by molar-refractivity contribution is -0.131. The van der Waals surface area contributed by atoms with E-state index in [1.807, 2.05) is 54.6 Å². The fourth-order valence-corrected chi connectivity index (χ4v) is 4.41. The van der Waals surface area contributed by atoms with Crippen LogP contribution >= 0.6 is 23.8 Å². The van der Waals surface area contributed by atoms with Crippen LogP contribution in [0.3, 0.4) is 0 Å². The second kappa shape index (κ2) is 10.1. The number of amides is 2. The predicted molar refractivity (Wildman–Crippen MR) is 133 cm³/mol. The molecule has 0 radical (unpaired) electrons. The molecule has 34 heavy (non-hydrogen) atoms. The molecule has 10 heteroatoms. The Morgan fingerprint density at radius 2 is 1.85 bits per heavy atom. The van der Waals surface area contributed by atoms with Gasteiger partial charge in [-0.2, -0.15) is 0 Å². The average molecular weight is 496 g/mol. The summed E-state index contributed by atoms with van der Waals surface area (Å²) in [6.07, 6.45) is 0.434. The molecule has 0 aliphatic carbocycles. The number of anilines is 1. The number of ether oxygens (including phenoxy) is 1. The zero-order chi connectivity index (χ0) is 24.1. The monoisotopic (exact) mass is 495 g/mol. The molecule has 2 heterocycles. The number of rotatable bonds is 8. The third-order valence-corrected chi connectivity index (χ3v) is 6.20. The standard InChI is InChI=1S/C24H22ClN5O3S/c1-33-21-12-11-19(28-29-21)26-20(31)15-24(17-5-3-2-4-6-17)22(32)27-23(34)30(24)14-13-16-7-9-18(25)10-8-16/h2-12H,13-15H2,1H3,(H,26,28,31)(H,27,32,34). The van der Waals surface area contributed by atoms with Crippen molar-refractivity contribution in [2.45, 2.75) is 18.4 Å². The Bertz CT molecular complexity index is 1190. The Morgan fingerprint density at radius 1 is 1.12 bits per heavy atom. The Hall–Kier alpha value is -3.56. The Kier molecular flexibility index (Phi) is 7.04. The summed E-state index contributed by atoms with van der Waals surface area (Å²) in [6.45, 7) is 0.420. The molecular formula is C24H22ClN5O3S. The van der Waals surface area contributed by atoms with Crippen molar-refractivity contribution in [3.05, 3.63) is 82.9 Å². The SMILES string of the molecule is COc1ccc(NC(=O)CC2(c3ccccc3)C(=O)NC(=S)N2CCc2ccc(Cl)cc2)nn1. The topological polar surface area (TPSA) is 96.4 Å². The first-order chi connectivity index (χ1) is 16.4. The molecule has 1 saturated heterocycles. The second-order valence-electron chi connectivity index (χ2n) is 7.70. The summed E-state index contributed by atoms with van der Waals surface area (Å²) in [5, 5.41) is 14.2. The van der Waals surface area contributed by atoms with Gasteiger partial charge in [-0.15, -0.1) is 10.2 Å². The van der Waals surface area contributed by atoms with Crippen molar-refractivity contribution in [2.75, 3.05) is 19.0 Å². The van der Waals surface area contributed by atoms with E-state index in [4.69, 9.17) is 28.6 Å². The van der Waals surface area contributed by atoms with Crippen molar-refractivity contribution in [2.24, 2.45) is 0 Å². The van der Waals surface area contributed by atoms with Gasteiger partial charge in [0, 0.05) is 17.6 Å². The largest absolute Gasteiger partial charge is 0.480 e. The normalized spacial score (nSPS) is 17.4. The van der Waals surface area contributed by atoms with Crippen molar-refractivity contribution in [1.82, 2.24) is 20.4 Å². The number of carbonyl (C=O) groups excluding carboxylic acids is 2. The maximum Gasteiger partial charge on any atom is 0.257 e. The van der Waals surface area contributed by atoms with Gasteiger partial charge in [-0.25, -0.2) is 0 Å². The first kappa shape index (κ1) is 23.6. The van der Waals surface area contributed by atoms with Gasteiger partial charge in [0.05, 0.1) is 13.5 Å². The molecule has 0 saturated carbocycles. The molecule has 2 amide bonds. The van der Waals surface area contributed by atoms with E-state index in [2.05, 4.69) is 20.8 Å². The Morgan fingerprint density at radius 3 is 2.50 bits per heavy atom. The predicted octanol–water partition coefficient (Wildman–Crippen LogP) is 3.32. The van der Waals surface area contributed by atoms with E-state index < -0.39 is 11.4 Å². The zero-order valence-electron chi connectivity index (χ0n) is 18.3. The van der Waals surface area contributed by atoms with Crippen LogP contribution in [0.2, 0.25) is 5.02 Å². The van der Waals surface area contributed by atoms with Gasteiger partial charge >= 0.3 is 0 Å². The van der Waals surface area contributed by atoms with Crippen LogP contribution in [0.5, 0.6) is 5.88 Å². The van der Waals surface area contributed by atoms with Crippen LogP contribution in [-0.4, -0.2) is 45.7 Å². The lowest BCUT2D eigenvalue weighted by atomic mass is 9.84. The zero-order valence-corrected chi connectivity index (χ0v) is 19.9. The third-order valence-electron chi connectivity index (χ3n) is 5.62. The number of thiocarbonyl (C=S) groups is 1. The van der Waals surface area contributed by atoms with Crippen LogP contribution in [0.1, 0.15) is 17.5 Å². The van der Waals surface area contributed by atoms with E-state index in [0.717, 1.165) is 5.56 Å². The quantitative estimate of drug-likeness (QED) is 0.463. The van der Waals surface area contributed by atoms with E-state index in [1.54, 1.807) is 17.0 Å². The van der Waals surface area contributed by atoms with Gasteiger partial charge < -0.3 is 20.3 Å². The second-order valence-corrected chi connectivity index (χ2v) is 8.52. The summed E-state index contributed by atoms with van der Waals surface area (Å²) in [5.74, 6) is -0.175. The summed E-state index contributed by atoms with van der Waals surface area (Å²) in [5.41, 5.74) is 0.389. The van der Waals surface area contributed by atoms with Crippen LogP contribution in [0.15, 0.2) is 66.7 Å². The minimum absolute atomic E-state index is 0.169. The maximum atomic E-state index is 13.4. The number of halogens is 1. The number of methoxy groups -OCH3 is 1. The number of hydrogen-bond acceptors (Lipinski definition) is 6. The molecule has 1 unspecified atom stereocenters. The van der Waals surface area contributed by atoms with Crippen LogP contribution in [0.4, 0.5) is 5.82 Å². The highest BCUT2D eigenvalue weighted by Gasteiger charge is 2.53. The van der Waals surface area contributed by atoms with E-state index in [0.29, 0.717) is 29.4 Å². The molecule has 0 bridgehead atoms. The van der Waals surface area contributed by atoms with E-state index in [-0.39, 0.29) is 23.3 Å². The summed E-state index contributed by atoms with van der Waals surface area (Å²) >= 11 is 11.5. The fourth-order valence-electron chi connectivity index (χ4n) is 3.94.